The molecule has 29 heavy (non-hydrogen) atoms. The Morgan fingerprint density at radius 3 is 2.55 bits per heavy atom. The molecule has 0 fully saturated rings. The number of rotatable bonds is 5. The van der Waals surface area contributed by atoms with Crippen LogP contribution in [0.5, 0.6) is 5.75 Å². The molecule has 144 valence electrons. The summed E-state index contributed by atoms with van der Waals surface area (Å²) in [5.41, 5.74) is 5.44. The molecule has 0 bridgehead atoms. The van der Waals surface area contributed by atoms with Gasteiger partial charge in [0.1, 0.15) is 5.75 Å². The van der Waals surface area contributed by atoms with E-state index in [0.717, 1.165) is 27.8 Å². The van der Waals surface area contributed by atoms with Crippen LogP contribution < -0.4 is 10.2 Å². The van der Waals surface area contributed by atoms with E-state index in [0.29, 0.717) is 21.7 Å². The number of para-hydroxylation sites is 2. The molecule has 4 aromatic rings. The van der Waals surface area contributed by atoms with Crippen molar-refractivity contribution in [3.63, 3.8) is 0 Å². The zero-order chi connectivity index (χ0) is 20.2. The summed E-state index contributed by atoms with van der Waals surface area (Å²) in [7, 11) is 1.63. The quantitative estimate of drug-likeness (QED) is 0.313. The number of nitrogens with one attached hydrogen (secondary N) is 1. The predicted octanol–water partition coefficient (Wildman–Crippen LogP) is 6.06. The van der Waals surface area contributed by atoms with Crippen LogP contribution in [0.3, 0.4) is 0 Å². The van der Waals surface area contributed by atoms with Gasteiger partial charge in [-0.2, -0.15) is 5.10 Å². The highest BCUT2D eigenvalue weighted by molar-refractivity contribution is 6.42. The second-order valence-electron chi connectivity index (χ2n) is 6.15. The highest BCUT2D eigenvalue weighted by atomic mass is 35.5. The first-order chi connectivity index (χ1) is 14.2. The molecule has 1 N–H and O–H groups in total. The molecule has 0 amide bonds. The fourth-order valence-corrected chi connectivity index (χ4v) is 3.16. The minimum absolute atomic E-state index is 0.449. The Hall–Kier alpha value is -3.15. The van der Waals surface area contributed by atoms with Gasteiger partial charge in [0, 0.05) is 16.5 Å². The van der Waals surface area contributed by atoms with Crippen LogP contribution in [-0.2, 0) is 0 Å². The van der Waals surface area contributed by atoms with E-state index < -0.39 is 0 Å². The number of hydrogen-bond donors (Lipinski definition) is 1. The SMILES string of the molecule is COc1ccccc1/C=N\Nc1nc(-c2ccc(Cl)c(Cl)c2)nc2ccccc12. The Morgan fingerprint density at radius 2 is 1.72 bits per heavy atom. The fraction of sp³-hybridized carbons (Fsp3) is 0.0455. The zero-order valence-electron chi connectivity index (χ0n) is 15.4. The number of hydrazone groups is 1. The molecule has 3 aromatic carbocycles. The van der Waals surface area contributed by atoms with Crippen molar-refractivity contribution in [2.45, 2.75) is 0 Å². The van der Waals surface area contributed by atoms with Gasteiger partial charge in [-0.3, -0.25) is 5.43 Å². The average molecular weight is 423 g/mol. The molecule has 5 nitrogen and oxygen atoms in total. The first kappa shape index (κ1) is 19.2. The van der Waals surface area contributed by atoms with Crippen LogP contribution in [0.15, 0.2) is 71.8 Å². The second kappa shape index (κ2) is 8.47. The number of fused-ring (bicyclic) bond motifs is 1. The maximum absolute atomic E-state index is 6.16. The van der Waals surface area contributed by atoms with Gasteiger partial charge in [0.15, 0.2) is 11.6 Å². The summed E-state index contributed by atoms with van der Waals surface area (Å²) in [5.74, 6) is 1.85. The van der Waals surface area contributed by atoms with Gasteiger partial charge >= 0.3 is 0 Å². The molecule has 0 aliphatic heterocycles. The molecule has 0 unspecified atom stereocenters. The van der Waals surface area contributed by atoms with E-state index in [4.69, 9.17) is 27.9 Å². The van der Waals surface area contributed by atoms with Crippen LogP contribution in [0, 0.1) is 0 Å². The Morgan fingerprint density at radius 1 is 0.931 bits per heavy atom. The second-order valence-corrected chi connectivity index (χ2v) is 6.97. The topological polar surface area (TPSA) is 59.4 Å². The van der Waals surface area contributed by atoms with Crippen LogP contribution in [0.25, 0.3) is 22.3 Å². The van der Waals surface area contributed by atoms with Crippen molar-refractivity contribution in [2.75, 3.05) is 12.5 Å². The van der Waals surface area contributed by atoms with E-state index >= 15 is 0 Å². The molecule has 1 heterocycles. The predicted molar refractivity (Wildman–Crippen MR) is 119 cm³/mol. The van der Waals surface area contributed by atoms with Gasteiger partial charge < -0.3 is 4.74 Å². The van der Waals surface area contributed by atoms with Gasteiger partial charge in [-0.25, -0.2) is 9.97 Å². The monoisotopic (exact) mass is 422 g/mol. The van der Waals surface area contributed by atoms with E-state index in [1.165, 1.54) is 0 Å². The lowest BCUT2D eigenvalue weighted by molar-refractivity contribution is 0.414. The van der Waals surface area contributed by atoms with Gasteiger partial charge in [-0.05, 0) is 42.5 Å². The minimum Gasteiger partial charge on any atom is -0.496 e. The number of benzene rings is 3. The molecule has 7 heteroatoms. The third kappa shape index (κ3) is 4.16. The fourth-order valence-electron chi connectivity index (χ4n) is 2.86. The molecule has 0 aliphatic rings. The van der Waals surface area contributed by atoms with E-state index in [-0.39, 0.29) is 0 Å². The average Bonchev–Trinajstić information content (AvgIpc) is 2.75. The molecule has 4 rings (SSSR count). The summed E-state index contributed by atoms with van der Waals surface area (Å²) >= 11 is 12.2. The van der Waals surface area contributed by atoms with E-state index in [2.05, 4.69) is 20.5 Å². The van der Waals surface area contributed by atoms with Crippen LogP contribution >= 0.6 is 23.2 Å². The number of halogens is 2. The zero-order valence-corrected chi connectivity index (χ0v) is 16.9. The number of anilines is 1. The Labute approximate surface area is 178 Å². The molecular formula is C22H16Cl2N4O. The number of ether oxygens (including phenoxy) is 1. The van der Waals surface area contributed by atoms with E-state index in [1.54, 1.807) is 25.5 Å². The summed E-state index contributed by atoms with van der Waals surface area (Å²) in [6.07, 6.45) is 1.69. The molecule has 1 aromatic heterocycles. The number of methoxy groups -OCH3 is 1. The van der Waals surface area contributed by atoms with Crippen LogP contribution in [-0.4, -0.2) is 23.3 Å². The van der Waals surface area contributed by atoms with Crippen molar-refractivity contribution >= 4 is 46.1 Å². The van der Waals surface area contributed by atoms with Crippen molar-refractivity contribution in [3.05, 3.63) is 82.3 Å². The normalized spacial score (nSPS) is 11.1. The van der Waals surface area contributed by atoms with Crippen LogP contribution in [0.1, 0.15) is 5.56 Å². The maximum Gasteiger partial charge on any atom is 0.162 e. The smallest absolute Gasteiger partial charge is 0.162 e. The first-order valence-corrected chi connectivity index (χ1v) is 9.55. The third-order valence-electron chi connectivity index (χ3n) is 4.29. The standard InChI is InChI=1S/C22H16Cl2N4O/c1-29-20-9-5-2-6-15(20)13-25-28-22-16-7-3-4-8-19(16)26-21(27-22)14-10-11-17(23)18(24)12-14/h2-13H,1H3,(H,26,27,28)/b25-13-. The van der Waals surface area contributed by atoms with Crippen LogP contribution in [0.2, 0.25) is 10.0 Å². The Balaban J connectivity index is 1.73. The van der Waals surface area contributed by atoms with Gasteiger partial charge in [0.25, 0.3) is 0 Å². The molecule has 0 radical (unpaired) electrons. The summed E-state index contributed by atoms with van der Waals surface area (Å²) in [5, 5.41) is 6.13. The molecule has 0 saturated carbocycles. The van der Waals surface area contributed by atoms with Crippen molar-refractivity contribution in [1.29, 1.82) is 0 Å². The third-order valence-corrected chi connectivity index (χ3v) is 5.03. The summed E-state index contributed by atoms with van der Waals surface area (Å²) in [4.78, 5) is 9.29. The summed E-state index contributed by atoms with van der Waals surface area (Å²) in [6.45, 7) is 0. The van der Waals surface area contributed by atoms with Gasteiger partial charge in [-0.15, -0.1) is 0 Å². The van der Waals surface area contributed by atoms with Gasteiger partial charge in [-0.1, -0.05) is 47.5 Å². The molecule has 0 aliphatic carbocycles. The summed E-state index contributed by atoms with van der Waals surface area (Å²) in [6, 6.07) is 20.7. The lowest BCUT2D eigenvalue weighted by Crippen LogP contribution is -2.00. The van der Waals surface area contributed by atoms with Crippen molar-refractivity contribution in [2.24, 2.45) is 5.10 Å². The number of nitrogens with zero attached hydrogens (tertiary/aromatic N) is 3. The lowest BCUT2D eigenvalue weighted by Gasteiger charge is -2.09. The molecule has 0 atom stereocenters. The van der Waals surface area contributed by atoms with Crippen molar-refractivity contribution in [1.82, 2.24) is 9.97 Å². The first-order valence-electron chi connectivity index (χ1n) is 8.80. The van der Waals surface area contributed by atoms with E-state index in [1.807, 2.05) is 54.6 Å². The van der Waals surface area contributed by atoms with Crippen molar-refractivity contribution < 1.29 is 4.74 Å². The number of hydrogen-bond acceptors (Lipinski definition) is 5. The molecular weight excluding hydrogens is 407 g/mol. The maximum atomic E-state index is 6.16. The number of aromatic nitrogens is 2. The summed E-state index contributed by atoms with van der Waals surface area (Å²) < 4.78 is 5.35. The Bertz CT molecular complexity index is 1210. The highest BCUT2D eigenvalue weighted by Crippen LogP contribution is 2.29. The van der Waals surface area contributed by atoms with Gasteiger partial charge in [0.2, 0.25) is 0 Å². The van der Waals surface area contributed by atoms with Crippen LogP contribution in [0.4, 0.5) is 5.82 Å². The molecule has 0 spiro atoms. The lowest BCUT2D eigenvalue weighted by atomic mass is 10.2. The van der Waals surface area contributed by atoms with Gasteiger partial charge in [0.05, 0.1) is 28.9 Å². The Kier molecular flexibility index (Phi) is 5.60. The minimum atomic E-state index is 0.449. The largest absolute Gasteiger partial charge is 0.496 e. The van der Waals surface area contributed by atoms with E-state index in [9.17, 15) is 0 Å². The van der Waals surface area contributed by atoms with Crippen molar-refractivity contribution in [3.8, 4) is 17.1 Å². The highest BCUT2D eigenvalue weighted by Gasteiger charge is 2.10. The molecule has 0 saturated heterocycles.